The van der Waals surface area contributed by atoms with Crippen molar-refractivity contribution >= 4 is 5.96 Å². The molecule has 1 aromatic carbocycles. The van der Waals surface area contributed by atoms with Crippen LogP contribution in [0.2, 0.25) is 0 Å². The van der Waals surface area contributed by atoms with Crippen molar-refractivity contribution in [1.29, 1.82) is 0 Å². The predicted molar refractivity (Wildman–Crippen MR) is 110 cm³/mol. The zero-order chi connectivity index (χ0) is 18.6. The Balaban J connectivity index is 1.48. The van der Waals surface area contributed by atoms with Gasteiger partial charge in [-0.15, -0.1) is 0 Å². The van der Waals surface area contributed by atoms with E-state index in [-0.39, 0.29) is 0 Å². The third-order valence-corrected chi connectivity index (χ3v) is 6.18. The first-order valence-electron chi connectivity index (χ1n) is 10.3. The van der Waals surface area contributed by atoms with Gasteiger partial charge in [0.15, 0.2) is 5.96 Å². The maximum atomic E-state index is 5.07. The number of aromatic nitrogens is 2. The highest BCUT2D eigenvalue weighted by atomic mass is 15.3. The minimum Gasteiger partial charge on any atom is -0.357 e. The molecule has 27 heavy (non-hydrogen) atoms. The third-order valence-electron chi connectivity index (χ3n) is 6.18. The lowest BCUT2D eigenvalue weighted by Gasteiger charge is -2.39. The number of nitrogens with one attached hydrogen (secondary N) is 1. The zero-order valence-electron chi connectivity index (χ0n) is 16.5. The molecule has 5 heteroatoms. The van der Waals surface area contributed by atoms with Crippen molar-refractivity contribution in [3.63, 3.8) is 0 Å². The second-order valence-electron chi connectivity index (χ2n) is 7.92. The summed E-state index contributed by atoms with van der Waals surface area (Å²) < 4.78 is 2.26. The van der Waals surface area contributed by atoms with Gasteiger partial charge in [-0.2, -0.15) is 0 Å². The second-order valence-corrected chi connectivity index (χ2v) is 7.92. The fourth-order valence-electron chi connectivity index (χ4n) is 4.55. The monoisotopic (exact) mass is 365 g/mol. The molecule has 1 aliphatic carbocycles. The summed E-state index contributed by atoms with van der Waals surface area (Å²) in [5, 5.41) is 3.53. The molecule has 0 spiro atoms. The lowest BCUT2D eigenvalue weighted by Crippen LogP contribution is -2.49. The van der Waals surface area contributed by atoms with Gasteiger partial charge in [-0.1, -0.05) is 31.2 Å². The number of aryl methyl sites for hydroxylation is 1. The van der Waals surface area contributed by atoms with Crippen LogP contribution in [-0.2, 0) is 6.42 Å². The topological polar surface area (TPSA) is 45.5 Å². The number of guanidine groups is 1. The number of nitrogens with zero attached hydrogens (tertiary/aromatic N) is 4. The molecule has 1 saturated heterocycles. The van der Waals surface area contributed by atoms with Crippen molar-refractivity contribution in [2.45, 2.75) is 45.1 Å². The summed E-state index contributed by atoms with van der Waals surface area (Å²) in [5.74, 6) is 2.28. The van der Waals surface area contributed by atoms with Crippen LogP contribution in [0.15, 0.2) is 48.0 Å². The average Bonchev–Trinajstić information content (AvgIpc) is 3.36. The Bertz CT molecular complexity index is 767. The standard InChI is InChI=1S/C22H31N5/c1-3-24-22(25-14-19-9-8-18-6-4-5-7-20(18)19)26-12-10-17(2)21(15-26)27-13-11-23-16-27/h4-7,11,13,16-17,19,21H,3,8-10,12,14-15H2,1-2H3,(H,24,25). The Hall–Kier alpha value is -2.30. The van der Waals surface area contributed by atoms with Crippen LogP contribution in [0.5, 0.6) is 0 Å². The molecule has 1 fully saturated rings. The van der Waals surface area contributed by atoms with Gasteiger partial charge in [-0.3, -0.25) is 4.99 Å². The van der Waals surface area contributed by atoms with Crippen molar-refractivity contribution < 1.29 is 0 Å². The summed E-state index contributed by atoms with van der Waals surface area (Å²) in [6, 6.07) is 9.32. The smallest absolute Gasteiger partial charge is 0.194 e. The molecular formula is C22H31N5. The van der Waals surface area contributed by atoms with Crippen molar-refractivity contribution in [3.05, 3.63) is 54.1 Å². The Morgan fingerprint density at radius 3 is 3.00 bits per heavy atom. The molecular weight excluding hydrogens is 334 g/mol. The Labute approximate surface area is 162 Å². The first kappa shape index (κ1) is 18.1. The van der Waals surface area contributed by atoms with Gasteiger partial charge in [-0.25, -0.2) is 4.98 Å². The number of fused-ring (bicyclic) bond motifs is 1. The van der Waals surface area contributed by atoms with E-state index in [1.54, 1.807) is 0 Å². The van der Waals surface area contributed by atoms with Crippen LogP contribution >= 0.6 is 0 Å². The summed E-state index contributed by atoms with van der Waals surface area (Å²) >= 11 is 0. The molecule has 2 aromatic rings. The van der Waals surface area contributed by atoms with E-state index in [0.29, 0.717) is 17.9 Å². The van der Waals surface area contributed by atoms with Crippen LogP contribution in [0.25, 0.3) is 0 Å². The number of hydrogen-bond donors (Lipinski definition) is 1. The van der Waals surface area contributed by atoms with Gasteiger partial charge in [0.05, 0.1) is 12.4 Å². The summed E-state index contributed by atoms with van der Waals surface area (Å²) in [6.45, 7) is 8.34. The average molecular weight is 366 g/mol. The molecule has 3 unspecified atom stereocenters. The molecule has 1 aromatic heterocycles. The first-order chi connectivity index (χ1) is 13.3. The maximum absolute atomic E-state index is 5.07. The Morgan fingerprint density at radius 2 is 2.19 bits per heavy atom. The largest absolute Gasteiger partial charge is 0.357 e. The van der Waals surface area contributed by atoms with Gasteiger partial charge in [-0.05, 0) is 43.2 Å². The predicted octanol–water partition coefficient (Wildman–Crippen LogP) is 3.46. The minimum atomic E-state index is 0.456. The van der Waals surface area contributed by atoms with E-state index in [9.17, 15) is 0 Å². The second kappa shape index (κ2) is 8.15. The van der Waals surface area contributed by atoms with Gasteiger partial charge in [0.2, 0.25) is 0 Å². The van der Waals surface area contributed by atoms with Crippen molar-refractivity contribution in [2.24, 2.45) is 10.9 Å². The van der Waals surface area contributed by atoms with Gasteiger partial charge in [0, 0.05) is 44.5 Å². The molecule has 0 saturated carbocycles. The van der Waals surface area contributed by atoms with Gasteiger partial charge in [0.1, 0.15) is 0 Å². The number of aliphatic imine (C=N–C) groups is 1. The van der Waals surface area contributed by atoms with E-state index >= 15 is 0 Å². The van der Waals surface area contributed by atoms with E-state index < -0.39 is 0 Å². The molecule has 2 aliphatic rings. The zero-order valence-corrected chi connectivity index (χ0v) is 16.5. The molecule has 5 nitrogen and oxygen atoms in total. The van der Waals surface area contributed by atoms with Crippen LogP contribution in [0.4, 0.5) is 0 Å². The fraction of sp³-hybridized carbons (Fsp3) is 0.545. The summed E-state index contributed by atoms with van der Waals surface area (Å²) in [7, 11) is 0. The van der Waals surface area contributed by atoms with Crippen molar-refractivity contribution in [2.75, 3.05) is 26.2 Å². The van der Waals surface area contributed by atoms with Crippen molar-refractivity contribution in [1.82, 2.24) is 19.8 Å². The molecule has 144 valence electrons. The first-order valence-corrected chi connectivity index (χ1v) is 10.3. The van der Waals surface area contributed by atoms with E-state index in [0.717, 1.165) is 32.1 Å². The number of likely N-dealkylation sites (tertiary alicyclic amines) is 1. The lowest BCUT2D eigenvalue weighted by atomic mass is 9.93. The minimum absolute atomic E-state index is 0.456. The number of hydrogen-bond acceptors (Lipinski definition) is 2. The quantitative estimate of drug-likeness (QED) is 0.667. The molecule has 1 N–H and O–H groups in total. The summed E-state index contributed by atoms with van der Waals surface area (Å²) in [6.07, 6.45) is 9.50. The van der Waals surface area contributed by atoms with Gasteiger partial charge >= 0.3 is 0 Å². The van der Waals surface area contributed by atoms with Crippen LogP contribution in [0.1, 0.15) is 49.8 Å². The molecule has 3 atom stereocenters. The lowest BCUT2D eigenvalue weighted by molar-refractivity contribution is 0.189. The number of benzene rings is 1. The van der Waals surface area contributed by atoms with Crippen LogP contribution < -0.4 is 5.32 Å². The number of rotatable bonds is 4. The molecule has 0 bridgehead atoms. The van der Waals surface area contributed by atoms with Crippen LogP contribution in [-0.4, -0.2) is 46.6 Å². The highest BCUT2D eigenvalue weighted by Crippen LogP contribution is 2.33. The third kappa shape index (κ3) is 3.87. The molecule has 2 heterocycles. The summed E-state index contributed by atoms with van der Waals surface area (Å²) in [5.41, 5.74) is 3.01. The Morgan fingerprint density at radius 1 is 1.30 bits per heavy atom. The van der Waals surface area contributed by atoms with Crippen LogP contribution in [0, 0.1) is 5.92 Å². The fourth-order valence-corrected chi connectivity index (χ4v) is 4.55. The highest BCUT2D eigenvalue weighted by molar-refractivity contribution is 5.80. The maximum Gasteiger partial charge on any atom is 0.194 e. The van der Waals surface area contributed by atoms with E-state index in [1.165, 1.54) is 30.4 Å². The Kier molecular flexibility index (Phi) is 5.46. The molecule has 1 aliphatic heterocycles. The number of piperidine rings is 1. The molecule has 0 amide bonds. The molecule has 4 rings (SSSR count). The van der Waals surface area contributed by atoms with E-state index in [1.807, 2.05) is 12.5 Å². The van der Waals surface area contributed by atoms with E-state index in [4.69, 9.17) is 4.99 Å². The highest BCUT2D eigenvalue weighted by Gasteiger charge is 2.29. The van der Waals surface area contributed by atoms with Gasteiger partial charge < -0.3 is 14.8 Å². The molecule has 0 radical (unpaired) electrons. The van der Waals surface area contributed by atoms with E-state index in [2.05, 4.69) is 64.1 Å². The summed E-state index contributed by atoms with van der Waals surface area (Å²) in [4.78, 5) is 11.8. The van der Waals surface area contributed by atoms with Crippen LogP contribution in [0.3, 0.4) is 0 Å². The van der Waals surface area contributed by atoms with Gasteiger partial charge in [0.25, 0.3) is 0 Å². The van der Waals surface area contributed by atoms with Crippen molar-refractivity contribution in [3.8, 4) is 0 Å². The number of imidazole rings is 1. The SMILES string of the molecule is CCNC(=NCC1CCc2ccccc21)N1CCC(C)C(n2ccnc2)C1. The normalized spacial score (nSPS) is 25.5.